The fraction of sp³-hybridized carbons (Fsp3) is 0.471. The monoisotopic (exact) mass is 341 g/mol. The van der Waals surface area contributed by atoms with Gasteiger partial charge in [-0.25, -0.2) is 0 Å². The molecule has 2 rings (SSSR count). The smallest absolute Gasteiger partial charge is 0.408 e. The van der Waals surface area contributed by atoms with Gasteiger partial charge in [0.2, 0.25) is 0 Å². The van der Waals surface area contributed by atoms with Gasteiger partial charge >= 0.3 is 6.18 Å². The molecule has 1 unspecified atom stereocenters. The van der Waals surface area contributed by atoms with Crippen molar-refractivity contribution in [2.45, 2.75) is 32.6 Å². The van der Waals surface area contributed by atoms with E-state index in [1.165, 1.54) is 17.1 Å². The van der Waals surface area contributed by atoms with E-state index in [1.807, 2.05) is 13.8 Å². The number of halogens is 3. The molecule has 1 N–H and O–H groups in total. The van der Waals surface area contributed by atoms with E-state index in [4.69, 9.17) is 4.74 Å². The van der Waals surface area contributed by atoms with Crippen LogP contribution in [0.4, 0.5) is 13.2 Å². The Labute approximate surface area is 139 Å². The highest BCUT2D eigenvalue weighted by atomic mass is 19.4. The van der Waals surface area contributed by atoms with Gasteiger partial charge in [-0.15, -0.1) is 0 Å². The molecule has 1 aromatic carbocycles. The van der Waals surface area contributed by atoms with Gasteiger partial charge in [-0.3, -0.25) is 10.00 Å². The summed E-state index contributed by atoms with van der Waals surface area (Å²) in [6.45, 7) is 4.72. The summed E-state index contributed by atoms with van der Waals surface area (Å²) in [4.78, 5) is 0. The predicted molar refractivity (Wildman–Crippen MR) is 85.6 cm³/mol. The zero-order valence-electron chi connectivity index (χ0n) is 14.0. The molecule has 0 saturated carbocycles. The Morgan fingerprint density at radius 2 is 2.04 bits per heavy atom. The SMILES string of the molecule is CC(C)COc1cccc(CNC(c2cnn(C)c2)C(F)(F)F)c1. The van der Waals surface area contributed by atoms with Crippen LogP contribution in [0.1, 0.15) is 31.0 Å². The number of alkyl halides is 3. The third kappa shape index (κ3) is 5.26. The van der Waals surface area contributed by atoms with Crippen molar-refractivity contribution < 1.29 is 17.9 Å². The van der Waals surface area contributed by atoms with Crippen LogP contribution in [-0.4, -0.2) is 22.6 Å². The Balaban J connectivity index is 2.05. The lowest BCUT2D eigenvalue weighted by Gasteiger charge is -2.20. The third-order valence-corrected chi connectivity index (χ3v) is 3.38. The van der Waals surface area contributed by atoms with Gasteiger partial charge in [0.25, 0.3) is 0 Å². The minimum absolute atomic E-state index is 0.0813. The number of benzene rings is 1. The van der Waals surface area contributed by atoms with Crippen LogP contribution in [0.25, 0.3) is 0 Å². The van der Waals surface area contributed by atoms with Crippen LogP contribution in [0.5, 0.6) is 5.75 Å². The molecule has 24 heavy (non-hydrogen) atoms. The number of nitrogens with one attached hydrogen (secondary N) is 1. The summed E-state index contributed by atoms with van der Waals surface area (Å²) in [5.41, 5.74) is 0.826. The Kier molecular flexibility index (Phi) is 5.88. The number of ether oxygens (including phenoxy) is 1. The molecule has 0 aliphatic heterocycles. The maximum atomic E-state index is 13.3. The number of aryl methyl sites for hydroxylation is 1. The van der Waals surface area contributed by atoms with Gasteiger partial charge in [-0.05, 0) is 23.6 Å². The molecule has 1 heterocycles. The van der Waals surface area contributed by atoms with Crippen LogP contribution >= 0.6 is 0 Å². The van der Waals surface area contributed by atoms with Gasteiger partial charge in [0.05, 0.1) is 12.8 Å². The van der Waals surface area contributed by atoms with Gasteiger partial charge < -0.3 is 4.74 Å². The van der Waals surface area contributed by atoms with Gasteiger partial charge in [-0.2, -0.15) is 18.3 Å². The van der Waals surface area contributed by atoms with Crippen molar-refractivity contribution in [2.24, 2.45) is 13.0 Å². The van der Waals surface area contributed by atoms with E-state index in [1.54, 1.807) is 31.3 Å². The highest BCUT2D eigenvalue weighted by molar-refractivity contribution is 5.28. The van der Waals surface area contributed by atoms with Crippen molar-refractivity contribution in [3.8, 4) is 5.75 Å². The van der Waals surface area contributed by atoms with Crippen LogP contribution in [-0.2, 0) is 13.6 Å². The summed E-state index contributed by atoms with van der Waals surface area (Å²) in [5.74, 6) is 1.04. The fourth-order valence-electron chi connectivity index (χ4n) is 2.24. The normalized spacial score (nSPS) is 13.3. The summed E-state index contributed by atoms with van der Waals surface area (Å²) in [7, 11) is 1.59. The number of hydrogen-bond acceptors (Lipinski definition) is 3. The molecule has 0 amide bonds. The maximum Gasteiger partial charge on any atom is 0.408 e. The van der Waals surface area contributed by atoms with E-state index in [0.29, 0.717) is 18.3 Å². The van der Waals surface area contributed by atoms with Crippen molar-refractivity contribution in [1.29, 1.82) is 0 Å². The fourth-order valence-corrected chi connectivity index (χ4v) is 2.24. The van der Waals surface area contributed by atoms with Crippen molar-refractivity contribution in [2.75, 3.05) is 6.61 Å². The van der Waals surface area contributed by atoms with Crippen LogP contribution in [0.2, 0.25) is 0 Å². The van der Waals surface area contributed by atoms with E-state index in [0.717, 1.165) is 5.56 Å². The van der Waals surface area contributed by atoms with Crippen LogP contribution in [0.3, 0.4) is 0 Å². The van der Waals surface area contributed by atoms with Gasteiger partial charge in [0, 0.05) is 25.4 Å². The largest absolute Gasteiger partial charge is 0.493 e. The predicted octanol–water partition coefficient (Wildman–Crippen LogP) is 3.85. The lowest BCUT2D eigenvalue weighted by Crippen LogP contribution is -2.33. The highest BCUT2D eigenvalue weighted by Crippen LogP contribution is 2.32. The first-order valence-electron chi connectivity index (χ1n) is 7.76. The lowest BCUT2D eigenvalue weighted by atomic mass is 10.1. The van der Waals surface area contributed by atoms with E-state index >= 15 is 0 Å². The molecule has 0 fully saturated rings. The quantitative estimate of drug-likeness (QED) is 0.831. The van der Waals surface area contributed by atoms with Crippen molar-refractivity contribution in [3.05, 3.63) is 47.8 Å². The first kappa shape index (κ1) is 18.3. The standard InChI is InChI=1S/C17H22F3N3O/c1-12(2)11-24-15-6-4-5-13(7-15)8-21-16(17(18,19)20)14-9-22-23(3)10-14/h4-7,9-10,12,16,21H,8,11H2,1-3H3. The van der Waals surface area contributed by atoms with Crippen molar-refractivity contribution in [3.63, 3.8) is 0 Å². The minimum atomic E-state index is -4.39. The number of hydrogen-bond donors (Lipinski definition) is 1. The molecule has 132 valence electrons. The summed E-state index contributed by atoms with van der Waals surface area (Å²) in [6.07, 6.45) is -1.80. The Morgan fingerprint density at radius 1 is 1.29 bits per heavy atom. The molecule has 0 bridgehead atoms. The summed E-state index contributed by atoms with van der Waals surface area (Å²) >= 11 is 0. The zero-order chi connectivity index (χ0) is 17.7. The summed E-state index contributed by atoms with van der Waals surface area (Å²) in [6, 6.07) is 5.34. The van der Waals surface area contributed by atoms with E-state index in [9.17, 15) is 13.2 Å². The van der Waals surface area contributed by atoms with Crippen LogP contribution in [0.15, 0.2) is 36.7 Å². The van der Waals surface area contributed by atoms with Gasteiger partial charge in [0.1, 0.15) is 11.8 Å². The van der Waals surface area contributed by atoms with E-state index in [2.05, 4.69) is 10.4 Å². The molecular weight excluding hydrogens is 319 g/mol. The topological polar surface area (TPSA) is 39.1 Å². The molecule has 0 saturated heterocycles. The number of aromatic nitrogens is 2. The molecular formula is C17H22F3N3O. The molecule has 1 atom stereocenters. The summed E-state index contributed by atoms with van der Waals surface area (Å²) in [5, 5.41) is 6.38. The number of nitrogens with zero attached hydrogens (tertiary/aromatic N) is 2. The lowest BCUT2D eigenvalue weighted by molar-refractivity contribution is -0.158. The maximum absolute atomic E-state index is 13.3. The second-order valence-corrected chi connectivity index (χ2v) is 6.16. The summed E-state index contributed by atoms with van der Waals surface area (Å²) < 4.78 is 46.8. The number of rotatable bonds is 7. The third-order valence-electron chi connectivity index (χ3n) is 3.38. The molecule has 1 aromatic heterocycles. The molecule has 7 heteroatoms. The molecule has 4 nitrogen and oxygen atoms in total. The highest BCUT2D eigenvalue weighted by Gasteiger charge is 2.41. The average molecular weight is 341 g/mol. The van der Waals surface area contributed by atoms with E-state index in [-0.39, 0.29) is 12.1 Å². The molecule has 2 aromatic rings. The average Bonchev–Trinajstić information content (AvgIpc) is 2.90. The molecule has 0 radical (unpaired) electrons. The Morgan fingerprint density at radius 3 is 2.62 bits per heavy atom. The molecule has 0 spiro atoms. The Hall–Kier alpha value is -2.02. The van der Waals surface area contributed by atoms with Crippen molar-refractivity contribution in [1.82, 2.24) is 15.1 Å². The first-order valence-corrected chi connectivity index (χ1v) is 7.76. The van der Waals surface area contributed by atoms with Gasteiger partial charge in [-0.1, -0.05) is 26.0 Å². The Bertz CT molecular complexity index is 653. The van der Waals surface area contributed by atoms with E-state index < -0.39 is 12.2 Å². The second kappa shape index (κ2) is 7.70. The zero-order valence-corrected chi connectivity index (χ0v) is 14.0. The van der Waals surface area contributed by atoms with Crippen molar-refractivity contribution >= 4 is 0 Å². The second-order valence-electron chi connectivity index (χ2n) is 6.16. The van der Waals surface area contributed by atoms with Crippen LogP contribution in [0, 0.1) is 5.92 Å². The van der Waals surface area contributed by atoms with Gasteiger partial charge in [0.15, 0.2) is 0 Å². The minimum Gasteiger partial charge on any atom is -0.493 e. The molecule has 0 aliphatic carbocycles. The first-order chi connectivity index (χ1) is 11.3. The van der Waals surface area contributed by atoms with Crippen LogP contribution < -0.4 is 10.1 Å². The molecule has 0 aliphatic rings.